The number of carbonyl (C=O) groups is 2. The molecule has 46 heavy (non-hydrogen) atoms. The van der Waals surface area contributed by atoms with Gasteiger partial charge in [0.15, 0.2) is 0 Å². The predicted octanol–water partition coefficient (Wildman–Crippen LogP) is 6.39. The van der Waals surface area contributed by atoms with Gasteiger partial charge in [0, 0.05) is 26.2 Å². The van der Waals surface area contributed by atoms with Crippen LogP contribution in [0.3, 0.4) is 0 Å². The van der Waals surface area contributed by atoms with Gasteiger partial charge >= 0.3 is 12.4 Å². The van der Waals surface area contributed by atoms with Gasteiger partial charge in [-0.05, 0) is 106 Å². The largest absolute Gasteiger partial charge is 0.416 e. The van der Waals surface area contributed by atoms with Crippen molar-refractivity contribution in [2.24, 2.45) is 11.3 Å². The van der Waals surface area contributed by atoms with Crippen LogP contribution in [0.2, 0.25) is 0 Å². The van der Waals surface area contributed by atoms with Crippen molar-refractivity contribution in [3.05, 3.63) is 70.0 Å². The summed E-state index contributed by atoms with van der Waals surface area (Å²) in [4.78, 5) is 30.8. The molecule has 0 unspecified atom stereocenters. The molecule has 2 amide bonds. The Labute approximate surface area is 263 Å². The van der Waals surface area contributed by atoms with E-state index in [1.807, 2.05) is 0 Å². The van der Waals surface area contributed by atoms with Gasteiger partial charge in [-0.25, -0.2) is 4.39 Å². The van der Waals surface area contributed by atoms with Gasteiger partial charge in [0.1, 0.15) is 5.82 Å². The van der Waals surface area contributed by atoms with Crippen molar-refractivity contribution in [1.29, 1.82) is 0 Å². The van der Waals surface area contributed by atoms with Gasteiger partial charge in [0.25, 0.3) is 5.91 Å². The molecule has 3 fully saturated rings. The molecule has 0 radical (unpaired) electrons. The molecule has 2 aromatic rings. The number of likely N-dealkylation sites (tertiary alicyclic amines) is 1. The number of nitrogens with zero attached hydrogens (tertiary/aromatic N) is 2. The first kappa shape index (κ1) is 34.2. The van der Waals surface area contributed by atoms with E-state index >= 15 is 0 Å². The maximum Gasteiger partial charge on any atom is 0.416 e. The SMILES string of the molecule is O=C(NCCN1CCCC1)c1cc(CN(Cc2cc(C(F)(F)F)cc(C(F)(F)F)c2)C(=O)C2(CC3CC3)CCNCC2)ccc1F. The fourth-order valence-electron chi connectivity index (χ4n) is 6.65. The number of amides is 2. The molecule has 5 rings (SSSR count). The van der Waals surface area contributed by atoms with Crippen molar-refractivity contribution in [3.63, 3.8) is 0 Å². The minimum absolute atomic E-state index is 0.0612. The number of piperidine rings is 1. The van der Waals surface area contributed by atoms with Crippen molar-refractivity contribution in [2.45, 2.75) is 70.4 Å². The summed E-state index contributed by atoms with van der Waals surface area (Å²) < 4.78 is 96.9. The third-order valence-corrected chi connectivity index (χ3v) is 9.26. The van der Waals surface area contributed by atoms with Crippen LogP contribution in [0.1, 0.15) is 77.6 Å². The highest BCUT2D eigenvalue weighted by atomic mass is 19.4. The first-order valence-corrected chi connectivity index (χ1v) is 15.8. The molecule has 2 N–H and O–H groups in total. The molecule has 0 bridgehead atoms. The van der Waals surface area contributed by atoms with Gasteiger partial charge < -0.3 is 20.4 Å². The number of rotatable bonds is 11. The molecule has 1 saturated carbocycles. The zero-order chi connectivity index (χ0) is 33.1. The average molecular weight is 657 g/mol. The molecule has 6 nitrogen and oxygen atoms in total. The minimum atomic E-state index is -5.04. The van der Waals surface area contributed by atoms with Crippen LogP contribution in [0.4, 0.5) is 30.7 Å². The second kappa shape index (κ2) is 13.9. The monoisotopic (exact) mass is 656 g/mol. The summed E-state index contributed by atoms with van der Waals surface area (Å²) in [7, 11) is 0. The molecule has 0 spiro atoms. The number of alkyl halides is 6. The van der Waals surface area contributed by atoms with Gasteiger partial charge in [0.05, 0.1) is 22.1 Å². The van der Waals surface area contributed by atoms with Crippen molar-refractivity contribution in [3.8, 4) is 0 Å². The molecule has 2 aromatic carbocycles. The summed E-state index contributed by atoms with van der Waals surface area (Å²) >= 11 is 0. The summed E-state index contributed by atoms with van der Waals surface area (Å²) in [5.74, 6) is -1.46. The molecule has 0 aromatic heterocycles. The molecular formula is C33H39F7N4O2. The van der Waals surface area contributed by atoms with Crippen molar-refractivity contribution in [1.82, 2.24) is 20.4 Å². The minimum Gasteiger partial charge on any atom is -0.351 e. The molecule has 0 atom stereocenters. The van der Waals surface area contributed by atoms with Crippen LogP contribution in [0.25, 0.3) is 0 Å². The van der Waals surface area contributed by atoms with Crippen LogP contribution >= 0.6 is 0 Å². The lowest BCUT2D eigenvalue weighted by molar-refractivity contribution is -0.146. The highest BCUT2D eigenvalue weighted by Gasteiger charge is 2.46. The molecule has 2 saturated heterocycles. The van der Waals surface area contributed by atoms with E-state index in [9.17, 15) is 40.3 Å². The topological polar surface area (TPSA) is 64.7 Å². The Morgan fingerprint density at radius 3 is 2.09 bits per heavy atom. The number of carbonyl (C=O) groups excluding carboxylic acids is 2. The van der Waals surface area contributed by atoms with Gasteiger partial charge in [-0.3, -0.25) is 9.59 Å². The standard InChI is InChI=1S/C33H39F7N4O2/c34-28-6-5-23(17-27(28)29(45)42-11-14-43-12-1-2-13-43)20-44(30(46)31(19-22-3-4-22)7-9-41-10-8-31)21-24-15-25(32(35,36)37)18-26(16-24)33(38,39)40/h5-6,15-18,22,41H,1-4,7-14,19-21H2,(H,42,45). The Morgan fingerprint density at radius 2 is 1.50 bits per heavy atom. The molecule has 252 valence electrons. The lowest BCUT2D eigenvalue weighted by atomic mass is 9.73. The summed E-state index contributed by atoms with van der Waals surface area (Å²) in [5.41, 5.74) is -4.01. The molecular weight excluding hydrogens is 617 g/mol. The fraction of sp³-hybridized carbons (Fsp3) is 0.576. The van der Waals surface area contributed by atoms with Crippen molar-refractivity contribution < 1.29 is 40.3 Å². The van der Waals surface area contributed by atoms with E-state index in [1.54, 1.807) is 0 Å². The lowest BCUT2D eigenvalue weighted by Gasteiger charge is -2.40. The molecule has 2 aliphatic heterocycles. The third kappa shape index (κ3) is 8.58. The number of halogens is 7. The first-order chi connectivity index (χ1) is 21.7. The quantitative estimate of drug-likeness (QED) is 0.276. The van der Waals surface area contributed by atoms with Gasteiger partial charge in [-0.1, -0.05) is 18.9 Å². The van der Waals surface area contributed by atoms with Crippen molar-refractivity contribution in [2.75, 3.05) is 39.3 Å². The highest BCUT2D eigenvalue weighted by Crippen LogP contribution is 2.46. The predicted molar refractivity (Wildman–Crippen MR) is 157 cm³/mol. The van der Waals surface area contributed by atoms with Crippen LogP contribution < -0.4 is 10.6 Å². The van der Waals surface area contributed by atoms with Crippen LogP contribution in [0.5, 0.6) is 0 Å². The van der Waals surface area contributed by atoms with E-state index in [0.717, 1.165) is 44.8 Å². The van der Waals surface area contributed by atoms with E-state index in [4.69, 9.17) is 0 Å². The number of hydrogen-bond donors (Lipinski definition) is 2. The molecule has 13 heteroatoms. The number of nitrogens with one attached hydrogen (secondary N) is 2. The van der Waals surface area contributed by atoms with Crippen molar-refractivity contribution >= 4 is 11.8 Å². The van der Waals surface area contributed by atoms with Gasteiger partial charge in [-0.2, -0.15) is 26.3 Å². The smallest absolute Gasteiger partial charge is 0.351 e. The van der Waals surface area contributed by atoms with E-state index in [-0.39, 0.29) is 29.6 Å². The summed E-state index contributed by atoms with van der Waals surface area (Å²) in [6.07, 6.45) is -4.48. The molecule has 2 heterocycles. The Kier molecular flexibility index (Phi) is 10.3. The fourth-order valence-corrected chi connectivity index (χ4v) is 6.65. The normalized spacial score (nSPS) is 18.8. The molecule has 3 aliphatic rings. The van der Waals surface area contributed by atoms with Crippen LogP contribution in [-0.4, -0.2) is 60.9 Å². The number of benzene rings is 2. The zero-order valence-corrected chi connectivity index (χ0v) is 25.5. The lowest BCUT2D eigenvalue weighted by Crippen LogP contribution is -2.49. The number of hydrogen-bond acceptors (Lipinski definition) is 4. The Morgan fingerprint density at radius 1 is 0.891 bits per heavy atom. The summed E-state index contributed by atoms with van der Waals surface area (Å²) in [6, 6.07) is 5.09. The maximum atomic E-state index is 14.8. The van der Waals surface area contributed by atoms with Crippen LogP contribution in [0, 0.1) is 17.2 Å². The average Bonchev–Trinajstić information content (AvgIpc) is 3.66. The highest BCUT2D eigenvalue weighted by molar-refractivity contribution is 5.94. The van der Waals surface area contributed by atoms with Crippen LogP contribution in [-0.2, 0) is 30.2 Å². The van der Waals surface area contributed by atoms with E-state index in [2.05, 4.69) is 15.5 Å². The van der Waals surface area contributed by atoms with Gasteiger partial charge in [-0.15, -0.1) is 0 Å². The zero-order valence-electron chi connectivity index (χ0n) is 25.5. The third-order valence-electron chi connectivity index (χ3n) is 9.26. The Balaban J connectivity index is 1.45. The second-order valence-electron chi connectivity index (χ2n) is 12.9. The first-order valence-electron chi connectivity index (χ1n) is 15.8. The molecule has 1 aliphatic carbocycles. The van der Waals surface area contributed by atoms with Crippen LogP contribution in [0.15, 0.2) is 36.4 Å². The van der Waals surface area contributed by atoms with Gasteiger partial charge in [0.2, 0.25) is 5.91 Å². The van der Waals surface area contributed by atoms with E-state index < -0.39 is 47.2 Å². The van der Waals surface area contributed by atoms with E-state index in [0.29, 0.717) is 69.1 Å². The Hall–Kier alpha value is -3.19. The summed E-state index contributed by atoms with van der Waals surface area (Å²) in [5, 5.41) is 5.94. The Bertz CT molecular complexity index is 1360. The second-order valence-corrected chi connectivity index (χ2v) is 12.9. The summed E-state index contributed by atoms with van der Waals surface area (Å²) in [6.45, 7) is 3.12. The van der Waals surface area contributed by atoms with E-state index in [1.165, 1.54) is 17.0 Å². The maximum absolute atomic E-state index is 14.8.